The SMILES string of the molecule is O=C(O)C(=C(c1ccccc1)c1ccccc1)[N+](=O)[O-]. The molecule has 0 amide bonds. The van der Waals surface area contributed by atoms with Crippen molar-refractivity contribution in [1.29, 1.82) is 0 Å². The third kappa shape index (κ3) is 2.72. The highest BCUT2D eigenvalue weighted by molar-refractivity contribution is 5.98. The van der Waals surface area contributed by atoms with Crippen molar-refractivity contribution in [2.24, 2.45) is 0 Å². The maximum Gasteiger partial charge on any atom is 0.408 e. The Labute approximate surface area is 115 Å². The molecule has 0 saturated heterocycles. The molecule has 5 heteroatoms. The Kier molecular flexibility index (Phi) is 3.91. The Bertz CT molecular complexity index is 605. The van der Waals surface area contributed by atoms with Crippen molar-refractivity contribution < 1.29 is 14.8 Å². The molecule has 0 aliphatic rings. The molecule has 0 spiro atoms. The van der Waals surface area contributed by atoms with Crippen molar-refractivity contribution in [3.05, 3.63) is 87.6 Å². The zero-order valence-electron chi connectivity index (χ0n) is 10.4. The Morgan fingerprint density at radius 1 is 0.900 bits per heavy atom. The minimum Gasteiger partial charge on any atom is -0.473 e. The van der Waals surface area contributed by atoms with Crippen molar-refractivity contribution in [2.75, 3.05) is 0 Å². The fourth-order valence-electron chi connectivity index (χ4n) is 1.93. The lowest BCUT2D eigenvalue weighted by Crippen LogP contribution is -2.13. The first kappa shape index (κ1) is 13.5. The Morgan fingerprint density at radius 2 is 1.30 bits per heavy atom. The number of carboxylic acids is 1. The number of hydrogen-bond donors (Lipinski definition) is 1. The normalized spacial score (nSPS) is 9.80. The summed E-state index contributed by atoms with van der Waals surface area (Å²) in [5.74, 6) is -1.56. The molecule has 0 bridgehead atoms. The molecule has 100 valence electrons. The number of aliphatic carboxylic acids is 1. The van der Waals surface area contributed by atoms with Gasteiger partial charge in [0.2, 0.25) is 0 Å². The van der Waals surface area contributed by atoms with E-state index in [1.165, 1.54) is 0 Å². The fraction of sp³-hybridized carbons (Fsp3) is 0. The largest absolute Gasteiger partial charge is 0.473 e. The van der Waals surface area contributed by atoms with E-state index in [0.29, 0.717) is 11.1 Å². The molecule has 2 aromatic carbocycles. The van der Waals surface area contributed by atoms with Crippen LogP contribution in [0.25, 0.3) is 5.57 Å². The summed E-state index contributed by atoms with van der Waals surface area (Å²) in [7, 11) is 0. The second-order valence-corrected chi connectivity index (χ2v) is 4.02. The van der Waals surface area contributed by atoms with E-state index in [2.05, 4.69) is 0 Å². The topological polar surface area (TPSA) is 80.4 Å². The number of nitro groups is 1. The molecule has 0 saturated carbocycles. The quantitative estimate of drug-likeness (QED) is 0.525. The second-order valence-electron chi connectivity index (χ2n) is 4.02. The van der Waals surface area contributed by atoms with Gasteiger partial charge in [0, 0.05) is 0 Å². The van der Waals surface area contributed by atoms with Crippen LogP contribution in [0.5, 0.6) is 0 Å². The highest BCUT2D eigenvalue weighted by atomic mass is 16.6. The zero-order chi connectivity index (χ0) is 14.5. The summed E-state index contributed by atoms with van der Waals surface area (Å²) < 4.78 is 0. The molecule has 0 aliphatic heterocycles. The lowest BCUT2D eigenvalue weighted by atomic mass is 9.96. The molecule has 0 radical (unpaired) electrons. The van der Waals surface area contributed by atoms with Gasteiger partial charge in [-0.25, -0.2) is 4.79 Å². The molecule has 0 heterocycles. The molecular formula is C15H11NO4. The van der Waals surface area contributed by atoms with Gasteiger partial charge in [-0.05, 0) is 11.1 Å². The van der Waals surface area contributed by atoms with E-state index >= 15 is 0 Å². The lowest BCUT2D eigenvalue weighted by Gasteiger charge is -2.07. The molecule has 2 aromatic rings. The van der Waals surface area contributed by atoms with Crippen molar-refractivity contribution in [3.8, 4) is 0 Å². The predicted molar refractivity (Wildman–Crippen MR) is 73.5 cm³/mol. The Morgan fingerprint density at radius 3 is 1.60 bits per heavy atom. The summed E-state index contributed by atoms with van der Waals surface area (Å²) in [6, 6.07) is 16.9. The predicted octanol–water partition coefficient (Wildman–Crippen LogP) is 2.81. The van der Waals surface area contributed by atoms with Crippen LogP contribution in [0.4, 0.5) is 0 Å². The highest BCUT2D eigenvalue weighted by Gasteiger charge is 2.28. The number of hydrogen-bond acceptors (Lipinski definition) is 3. The minimum atomic E-state index is -1.56. The maximum absolute atomic E-state index is 11.2. The maximum atomic E-state index is 11.2. The van der Waals surface area contributed by atoms with Crippen LogP contribution >= 0.6 is 0 Å². The van der Waals surface area contributed by atoms with E-state index in [-0.39, 0.29) is 5.57 Å². The third-order valence-corrected chi connectivity index (χ3v) is 2.75. The molecule has 0 aliphatic carbocycles. The molecule has 2 rings (SSSR count). The van der Waals surface area contributed by atoms with E-state index in [4.69, 9.17) is 5.11 Å². The first-order valence-corrected chi connectivity index (χ1v) is 5.84. The Hall–Kier alpha value is -2.95. The van der Waals surface area contributed by atoms with E-state index in [1.807, 2.05) is 0 Å². The summed E-state index contributed by atoms with van der Waals surface area (Å²) in [5, 5.41) is 20.2. The van der Waals surface area contributed by atoms with Crippen molar-refractivity contribution >= 4 is 11.5 Å². The van der Waals surface area contributed by atoms with Crippen LogP contribution < -0.4 is 0 Å². The van der Waals surface area contributed by atoms with Crippen LogP contribution in [-0.4, -0.2) is 16.0 Å². The minimum absolute atomic E-state index is 0.101. The molecule has 1 N–H and O–H groups in total. The zero-order valence-corrected chi connectivity index (χ0v) is 10.4. The standard InChI is InChI=1S/C15H11NO4/c17-15(18)14(16(19)20)13(11-7-3-1-4-8-11)12-9-5-2-6-10-12/h1-10H,(H,17,18). The van der Waals surface area contributed by atoms with Gasteiger partial charge in [0.05, 0.1) is 10.5 Å². The van der Waals surface area contributed by atoms with Gasteiger partial charge in [-0.15, -0.1) is 0 Å². The summed E-state index contributed by atoms with van der Waals surface area (Å²) in [6.07, 6.45) is 0. The van der Waals surface area contributed by atoms with Gasteiger partial charge in [0.1, 0.15) is 0 Å². The van der Waals surface area contributed by atoms with E-state index in [9.17, 15) is 14.9 Å². The number of carboxylic acid groups (broad SMARTS) is 1. The van der Waals surface area contributed by atoms with Crippen molar-refractivity contribution in [2.45, 2.75) is 0 Å². The van der Waals surface area contributed by atoms with Gasteiger partial charge >= 0.3 is 11.7 Å². The number of benzene rings is 2. The second kappa shape index (κ2) is 5.79. The van der Waals surface area contributed by atoms with Crippen LogP contribution in [-0.2, 0) is 4.79 Å². The summed E-state index contributed by atoms with van der Waals surface area (Å²) in [4.78, 5) is 21.5. The smallest absolute Gasteiger partial charge is 0.408 e. The van der Waals surface area contributed by atoms with Crippen molar-refractivity contribution in [3.63, 3.8) is 0 Å². The summed E-state index contributed by atoms with van der Waals surface area (Å²) in [5.41, 5.74) is 0.256. The third-order valence-electron chi connectivity index (χ3n) is 2.75. The summed E-state index contributed by atoms with van der Waals surface area (Å²) >= 11 is 0. The molecule has 0 unspecified atom stereocenters. The molecular weight excluding hydrogens is 258 g/mol. The van der Waals surface area contributed by atoms with E-state index in [0.717, 1.165) is 0 Å². The monoisotopic (exact) mass is 269 g/mol. The molecule has 0 aromatic heterocycles. The Balaban J connectivity index is 2.77. The average Bonchev–Trinajstić information content (AvgIpc) is 2.45. The highest BCUT2D eigenvalue weighted by Crippen LogP contribution is 2.27. The van der Waals surface area contributed by atoms with Crippen LogP contribution in [0.2, 0.25) is 0 Å². The van der Waals surface area contributed by atoms with Crippen molar-refractivity contribution in [1.82, 2.24) is 0 Å². The first-order chi connectivity index (χ1) is 9.61. The van der Waals surface area contributed by atoms with Gasteiger partial charge in [0.15, 0.2) is 0 Å². The first-order valence-electron chi connectivity index (χ1n) is 5.84. The lowest BCUT2D eigenvalue weighted by molar-refractivity contribution is -0.419. The van der Waals surface area contributed by atoms with Gasteiger partial charge in [0.25, 0.3) is 0 Å². The van der Waals surface area contributed by atoms with Crippen LogP contribution in [0, 0.1) is 10.1 Å². The van der Waals surface area contributed by atoms with Crippen LogP contribution in [0.15, 0.2) is 66.4 Å². The molecule has 20 heavy (non-hydrogen) atoms. The number of nitrogens with zero attached hydrogens (tertiary/aromatic N) is 1. The van der Waals surface area contributed by atoms with E-state index < -0.39 is 16.6 Å². The van der Waals surface area contributed by atoms with Crippen LogP contribution in [0.1, 0.15) is 11.1 Å². The van der Waals surface area contributed by atoms with E-state index in [1.54, 1.807) is 60.7 Å². The summed E-state index contributed by atoms with van der Waals surface area (Å²) in [6.45, 7) is 0. The average molecular weight is 269 g/mol. The molecule has 0 fully saturated rings. The fourth-order valence-corrected chi connectivity index (χ4v) is 1.93. The number of carbonyl (C=O) groups is 1. The van der Waals surface area contributed by atoms with Gasteiger partial charge in [-0.1, -0.05) is 60.7 Å². The van der Waals surface area contributed by atoms with Gasteiger partial charge < -0.3 is 5.11 Å². The van der Waals surface area contributed by atoms with Gasteiger partial charge in [-0.2, -0.15) is 0 Å². The number of rotatable bonds is 4. The van der Waals surface area contributed by atoms with Gasteiger partial charge in [-0.3, -0.25) is 10.1 Å². The molecule has 0 atom stereocenters. The van der Waals surface area contributed by atoms with Crippen LogP contribution in [0.3, 0.4) is 0 Å². The molecule has 5 nitrogen and oxygen atoms in total.